The fourth-order valence-electron chi connectivity index (χ4n) is 3.76. The molecule has 3 aromatic rings. The second-order valence-electron chi connectivity index (χ2n) is 9.98. The van der Waals surface area contributed by atoms with Gasteiger partial charge in [-0.2, -0.15) is 0 Å². The van der Waals surface area contributed by atoms with Gasteiger partial charge in [0.2, 0.25) is 11.8 Å². The average Bonchev–Trinajstić information content (AvgIpc) is 2.86. The van der Waals surface area contributed by atoms with Crippen molar-refractivity contribution in [1.29, 1.82) is 0 Å². The number of amides is 2. The Morgan fingerprint density at radius 2 is 1.59 bits per heavy atom. The molecule has 39 heavy (non-hydrogen) atoms. The van der Waals surface area contributed by atoms with Crippen molar-refractivity contribution < 1.29 is 18.0 Å². The maximum Gasteiger partial charge on any atom is 0.264 e. The SMILES string of the molecule is C[C@H](C(=O)NC(C)(C)C)N(Cc1ccc(Br)cc1)C(=O)CN(c1ccc(Cl)cc1Cl)S(=O)(=O)c1ccccc1. The molecule has 1 atom stereocenters. The summed E-state index contributed by atoms with van der Waals surface area (Å²) in [5.41, 5.74) is 0.328. The van der Waals surface area contributed by atoms with Crippen molar-refractivity contribution in [2.75, 3.05) is 10.8 Å². The van der Waals surface area contributed by atoms with Crippen LogP contribution in [0.2, 0.25) is 10.0 Å². The molecule has 3 rings (SSSR count). The maximum atomic E-state index is 13.9. The first-order valence-corrected chi connectivity index (χ1v) is 15.1. The summed E-state index contributed by atoms with van der Waals surface area (Å²) in [5.74, 6) is -0.949. The largest absolute Gasteiger partial charge is 0.350 e. The monoisotopic (exact) mass is 653 g/mol. The molecule has 0 unspecified atom stereocenters. The van der Waals surface area contributed by atoms with E-state index in [1.807, 2.05) is 45.0 Å². The molecule has 0 radical (unpaired) electrons. The minimum absolute atomic E-state index is 0.0122. The number of nitrogens with zero attached hydrogens (tertiary/aromatic N) is 2. The van der Waals surface area contributed by atoms with E-state index >= 15 is 0 Å². The van der Waals surface area contributed by atoms with Gasteiger partial charge in [-0.1, -0.05) is 69.5 Å². The van der Waals surface area contributed by atoms with Gasteiger partial charge >= 0.3 is 0 Å². The zero-order valence-electron chi connectivity index (χ0n) is 22.0. The highest BCUT2D eigenvalue weighted by molar-refractivity contribution is 9.10. The van der Waals surface area contributed by atoms with Gasteiger partial charge in [-0.3, -0.25) is 13.9 Å². The van der Waals surface area contributed by atoms with Crippen LogP contribution in [-0.4, -0.2) is 43.3 Å². The molecule has 0 heterocycles. The zero-order valence-corrected chi connectivity index (χ0v) is 25.9. The van der Waals surface area contributed by atoms with Gasteiger partial charge in [0.05, 0.1) is 15.6 Å². The van der Waals surface area contributed by atoms with Crippen molar-refractivity contribution >= 4 is 66.7 Å². The Bertz CT molecular complexity index is 1430. The predicted molar refractivity (Wildman–Crippen MR) is 159 cm³/mol. The van der Waals surface area contributed by atoms with Crippen LogP contribution in [0, 0.1) is 0 Å². The lowest BCUT2D eigenvalue weighted by Crippen LogP contribution is -2.54. The van der Waals surface area contributed by atoms with E-state index in [0.29, 0.717) is 5.02 Å². The van der Waals surface area contributed by atoms with Gasteiger partial charge in [0.15, 0.2) is 0 Å². The minimum Gasteiger partial charge on any atom is -0.350 e. The van der Waals surface area contributed by atoms with Crippen LogP contribution in [-0.2, 0) is 26.2 Å². The molecule has 0 bridgehead atoms. The highest BCUT2D eigenvalue weighted by Crippen LogP contribution is 2.33. The fraction of sp³-hybridized carbons (Fsp3) is 0.286. The van der Waals surface area contributed by atoms with Crippen molar-refractivity contribution in [2.24, 2.45) is 0 Å². The molecule has 2 amide bonds. The third-order valence-corrected chi connectivity index (χ3v) is 8.56. The van der Waals surface area contributed by atoms with Crippen molar-refractivity contribution in [3.63, 3.8) is 0 Å². The van der Waals surface area contributed by atoms with Crippen LogP contribution in [0.3, 0.4) is 0 Å². The number of benzene rings is 3. The topological polar surface area (TPSA) is 86.8 Å². The summed E-state index contributed by atoms with van der Waals surface area (Å²) in [6.07, 6.45) is 0. The lowest BCUT2D eigenvalue weighted by atomic mass is 10.1. The number of nitrogens with one attached hydrogen (secondary N) is 1. The Kier molecular flexibility index (Phi) is 10.1. The van der Waals surface area contributed by atoms with Gasteiger partial charge in [0, 0.05) is 21.6 Å². The van der Waals surface area contributed by atoms with E-state index in [2.05, 4.69) is 21.2 Å². The molecule has 0 aliphatic rings. The molecule has 0 aliphatic carbocycles. The van der Waals surface area contributed by atoms with E-state index in [0.717, 1.165) is 14.3 Å². The number of halogens is 3. The summed E-state index contributed by atoms with van der Waals surface area (Å²) in [6, 6.07) is 18.5. The Hall–Kier alpha value is -2.59. The standard InChI is InChI=1S/C28H30BrCl2N3O4S/c1-19(27(36)32-28(2,3)4)33(17-20-10-12-21(29)13-11-20)26(35)18-34(25-15-14-22(30)16-24(25)31)39(37,38)23-8-6-5-7-9-23/h5-16,19H,17-18H2,1-4H3,(H,32,36)/t19-/m1/s1. The molecule has 0 aliphatic heterocycles. The summed E-state index contributed by atoms with van der Waals surface area (Å²) < 4.78 is 29.4. The van der Waals surface area contributed by atoms with Crippen LogP contribution in [0.25, 0.3) is 0 Å². The maximum absolute atomic E-state index is 13.9. The number of hydrogen-bond donors (Lipinski definition) is 1. The quantitative estimate of drug-likeness (QED) is 0.294. The molecule has 3 aromatic carbocycles. The summed E-state index contributed by atoms with van der Waals surface area (Å²) in [5, 5.41) is 3.28. The van der Waals surface area contributed by atoms with E-state index in [-0.39, 0.29) is 28.1 Å². The van der Waals surface area contributed by atoms with Gasteiger partial charge in [-0.15, -0.1) is 0 Å². The number of hydrogen-bond acceptors (Lipinski definition) is 4. The minimum atomic E-state index is -4.22. The van der Waals surface area contributed by atoms with Crippen molar-refractivity contribution in [3.8, 4) is 0 Å². The molecular weight excluding hydrogens is 625 g/mol. The van der Waals surface area contributed by atoms with E-state index in [1.54, 1.807) is 25.1 Å². The lowest BCUT2D eigenvalue weighted by molar-refractivity contribution is -0.140. The Labute approximate surface area is 248 Å². The van der Waals surface area contributed by atoms with Gasteiger partial charge in [0.25, 0.3) is 10.0 Å². The second kappa shape index (κ2) is 12.7. The van der Waals surface area contributed by atoms with Crippen LogP contribution in [0.4, 0.5) is 5.69 Å². The molecular formula is C28H30BrCl2N3O4S. The fourth-order valence-corrected chi connectivity index (χ4v) is 6.04. The Morgan fingerprint density at radius 3 is 2.15 bits per heavy atom. The number of rotatable bonds is 9. The van der Waals surface area contributed by atoms with E-state index in [9.17, 15) is 18.0 Å². The molecule has 7 nitrogen and oxygen atoms in total. The van der Waals surface area contributed by atoms with Crippen LogP contribution in [0.5, 0.6) is 0 Å². The Balaban J connectivity index is 2.05. The zero-order chi connectivity index (χ0) is 29.0. The first-order chi connectivity index (χ1) is 18.2. The number of carbonyl (C=O) groups excluding carboxylic acids is 2. The summed E-state index contributed by atoms with van der Waals surface area (Å²) >= 11 is 15.9. The average molecular weight is 655 g/mol. The first-order valence-electron chi connectivity index (χ1n) is 12.1. The van der Waals surface area contributed by atoms with Crippen molar-refractivity contribution in [1.82, 2.24) is 10.2 Å². The van der Waals surface area contributed by atoms with Crippen molar-refractivity contribution in [3.05, 3.63) is 92.9 Å². The number of sulfonamides is 1. The van der Waals surface area contributed by atoms with E-state index in [1.165, 1.54) is 35.2 Å². The molecule has 0 aromatic heterocycles. The van der Waals surface area contributed by atoms with Crippen LogP contribution < -0.4 is 9.62 Å². The summed E-state index contributed by atoms with van der Waals surface area (Å²) in [6.45, 7) is 6.63. The van der Waals surface area contributed by atoms with Gasteiger partial charge < -0.3 is 10.2 Å². The molecule has 1 N–H and O–H groups in total. The Morgan fingerprint density at radius 1 is 0.974 bits per heavy atom. The lowest BCUT2D eigenvalue weighted by Gasteiger charge is -2.33. The molecule has 11 heteroatoms. The third kappa shape index (κ3) is 8.20. The normalized spacial score (nSPS) is 12.5. The molecule has 0 saturated carbocycles. The number of anilines is 1. The van der Waals surface area contributed by atoms with Gasteiger partial charge in [0.1, 0.15) is 12.6 Å². The molecule has 208 valence electrons. The third-order valence-electron chi connectivity index (χ3n) is 5.72. The number of carbonyl (C=O) groups is 2. The van der Waals surface area contributed by atoms with Crippen LogP contribution >= 0.6 is 39.1 Å². The van der Waals surface area contributed by atoms with Crippen molar-refractivity contribution in [2.45, 2.75) is 50.7 Å². The van der Waals surface area contributed by atoms with Crippen LogP contribution in [0.1, 0.15) is 33.3 Å². The summed E-state index contributed by atoms with van der Waals surface area (Å²) in [4.78, 5) is 28.4. The van der Waals surface area contributed by atoms with E-state index in [4.69, 9.17) is 23.2 Å². The van der Waals surface area contributed by atoms with Gasteiger partial charge in [-0.05, 0) is 75.7 Å². The van der Waals surface area contributed by atoms with Crippen LogP contribution in [0.15, 0.2) is 82.2 Å². The molecule has 0 saturated heterocycles. The highest BCUT2D eigenvalue weighted by Gasteiger charge is 2.34. The summed E-state index contributed by atoms with van der Waals surface area (Å²) in [7, 11) is -4.22. The first kappa shape index (κ1) is 30.9. The second-order valence-corrected chi connectivity index (χ2v) is 13.6. The highest BCUT2D eigenvalue weighted by atomic mass is 79.9. The van der Waals surface area contributed by atoms with E-state index < -0.39 is 34.1 Å². The molecule has 0 fully saturated rings. The predicted octanol–water partition coefficient (Wildman–Crippen LogP) is 6.28. The smallest absolute Gasteiger partial charge is 0.264 e. The van der Waals surface area contributed by atoms with Gasteiger partial charge in [-0.25, -0.2) is 8.42 Å². The molecule has 0 spiro atoms.